The number of carbonyl (C=O) groups is 2. The third kappa shape index (κ3) is 7.09. The quantitative estimate of drug-likeness (QED) is 0.0876. The van der Waals surface area contributed by atoms with E-state index in [0.717, 1.165) is 60.9 Å². The van der Waals surface area contributed by atoms with Crippen LogP contribution in [0.3, 0.4) is 0 Å². The summed E-state index contributed by atoms with van der Waals surface area (Å²) in [5.41, 5.74) is 6.04. The van der Waals surface area contributed by atoms with Crippen LogP contribution < -0.4 is 9.47 Å². The Labute approximate surface area is 307 Å². The summed E-state index contributed by atoms with van der Waals surface area (Å²) in [6.07, 6.45) is 1.26. The van der Waals surface area contributed by atoms with Gasteiger partial charge in [0.1, 0.15) is 24.7 Å². The number of ether oxygens (including phenoxy) is 2. The summed E-state index contributed by atoms with van der Waals surface area (Å²) >= 11 is 0. The van der Waals surface area contributed by atoms with Gasteiger partial charge in [0, 0.05) is 16.2 Å². The standard InChI is InChI=1S/C45H37N3O5/c1-45(27-8-28-53-48-43(49)39-11-4-5-12-40(39)44(48)50,33-17-23-37(24-18-33)51-29-35-21-15-31-9-2-6-13-41(31)46-35)34-19-25-38(26-20-34)52-30-36-22-16-32-10-3-7-14-42(32)47-36/h2-7,9-26H,8,27-30H2,1H3. The van der Waals surface area contributed by atoms with Crippen molar-refractivity contribution in [3.63, 3.8) is 0 Å². The Balaban J connectivity index is 0.971. The van der Waals surface area contributed by atoms with E-state index in [1.54, 1.807) is 24.3 Å². The van der Waals surface area contributed by atoms with E-state index in [-0.39, 0.29) is 6.61 Å². The van der Waals surface area contributed by atoms with Crippen molar-refractivity contribution in [2.24, 2.45) is 0 Å². The first-order chi connectivity index (χ1) is 25.9. The summed E-state index contributed by atoms with van der Waals surface area (Å²) in [5, 5.41) is 3.07. The number of amides is 2. The molecule has 0 radical (unpaired) electrons. The number of rotatable bonds is 13. The van der Waals surface area contributed by atoms with Crippen LogP contribution in [0.1, 0.15) is 63.0 Å². The first-order valence-corrected chi connectivity index (χ1v) is 17.7. The van der Waals surface area contributed by atoms with E-state index < -0.39 is 17.2 Å². The van der Waals surface area contributed by atoms with E-state index in [1.807, 2.05) is 84.9 Å². The number of carbonyl (C=O) groups excluding carboxylic acids is 2. The van der Waals surface area contributed by atoms with Crippen LogP contribution in [0.25, 0.3) is 21.8 Å². The lowest BCUT2D eigenvalue weighted by molar-refractivity contribution is -0.0927. The number of pyridine rings is 2. The van der Waals surface area contributed by atoms with Gasteiger partial charge in [0.2, 0.25) is 0 Å². The Bertz CT molecular complexity index is 2270. The molecular weight excluding hydrogens is 663 g/mol. The summed E-state index contributed by atoms with van der Waals surface area (Å²) in [6, 6.07) is 47.2. The molecule has 0 saturated heterocycles. The van der Waals surface area contributed by atoms with Crippen LogP contribution in [-0.2, 0) is 23.5 Å². The predicted octanol–water partition coefficient (Wildman–Crippen LogP) is 9.26. The summed E-state index contributed by atoms with van der Waals surface area (Å²) in [4.78, 5) is 41.0. The summed E-state index contributed by atoms with van der Waals surface area (Å²) in [7, 11) is 0. The number of fused-ring (bicyclic) bond motifs is 3. The molecule has 1 aliphatic heterocycles. The van der Waals surface area contributed by atoms with Crippen molar-refractivity contribution in [3.8, 4) is 11.5 Å². The Morgan fingerprint density at radius 2 is 1.00 bits per heavy atom. The van der Waals surface area contributed by atoms with Crippen LogP contribution in [0.4, 0.5) is 0 Å². The molecule has 0 bridgehead atoms. The molecule has 0 spiro atoms. The van der Waals surface area contributed by atoms with Crippen LogP contribution in [0.15, 0.2) is 146 Å². The number of nitrogens with zero attached hydrogens (tertiary/aromatic N) is 3. The van der Waals surface area contributed by atoms with Crippen molar-refractivity contribution in [1.82, 2.24) is 15.0 Å². The largest absolute Gasteiger partial charge is 0.487 e. The third-order valence-corrected chi connectivity index (χ3v) is 9.87. The number of hydroxylamine groups is 2. The minimum Gasteiger partial charge on any atom is -0.487 e. The molecule has 8 rings (SSSR count). The Hall–Kier alpha value is -6.38. The Kier molecular flexibility index (Phi) is 9.36. The van der Waals surface area contributed by atoms with Gasteiger partial charge in [-0.15, -0.1) is 5.06 Å². The van der Waals surface area contributed by atoms with Gasteiger partial charge in [-0.25, -0.2) is 9.97 Å². The molecular formula is C45H37N3O5. The van der Waals surface area contributed by atoms with Gasteiger partial charge in [-0.05, 0) is 84.6 Å². The van der Waals surface area contributed by atoms with Crippen molar-refractivity contribution >= 4 is 33.6 Å². The van der Waals surface area contributed by atoms with E-state index >= 15 is 0 Å². The molecule has 0 saturated carbocycles. The van der Waals surface area contributed by atoms with Crippen LogP contribution in [0.2, 0.25) is 0 Å². The molecule has 7 aromatic rings. The molecule has 8 nitrogen and oxygen atoms in total. The van der Waals surface area contributed by atoms with Crippen LogP contribution in [-0.4, -0.2) is 33.5 Å². The molecule has 262 valence electrons. The molecule has 53 heavy (non-hydrogen) atoms. The maximum atomic E-state index is 12.9. The fourth-order valence-electron chi connectivity index (χ4n) is 6.85. The summed E-state index contributed by atoms with van der Waals surface area (Å²) in [5.74, 6) is 0.617. The van der Waals surface area contributed by atoms with Crippen LogP contribution in [0, 0.1) is 0 Å². The zero-order valence-corrected chi connectivity index (χ0v) is 29.3. The number of benzene rings is 5. The maximum absolute atomic E-state index is 12.9. The summed E-state index contributed by atoms with van der Waals surface area (Å²) < 4.78 is 12.3. The van der Waals surface area contributed by atoms with Gasteiger partial charge in [-0.1, -0.05) is 91.9 Å². The molecule has 0 aliphatic carbocycles. The number of hydrogen-bond donors (Lipinski definition) is 0. The highest BCUT2D eigenvalue weighted by Crippen LogP contribution is 2.38. The molecule has 0 atom stereocenters. The molecule has 0 unspecified atom stereocenters. The minimum atomic E-state index is -0.442. The second-order valence-corrected chi connectivity index (χ2v) is 13.3. The second-order valence-electron chi connectivity index (χ2n) is 13.3. The van der Waals surface area contributed by atoms with E-state index in [0.29, 0.717) is 37.2 Å². The zero-order chi connectivity index (χ0) is 36.2. The van der Waals surface area contributed by atoms with Crippen molar-refractivity contribution in [2.75, 3.05) is 6.61 Å². The highest BCUT2D eigenvalue weighted by atomic mass is 16.7. The monoisotopic (exact) mass is 699 g/mol. The van der Waals surface area contributed by atoms with Gasteiger partial charge >= 0.3 is 0 Å². The number of imide groups is 1. The molecule has 5 aromatic carbocycles. The number of aromatic nitrogens is 2. The first kappa shape index (κ1) is 33.7. The zero-order valence-electron chi connectivity index (χ0n) is 29.3. The molecule has 2 amide bonds. The second kappa shape index (κ2) is 14.7. The molecule has 2 aromatic heterocycles. The van der Waals surface area contributed by atoms with Crippen molar-refractivity contribution in [2.45, 2.75) is 38.4 Å². The van der Waals surface area contributed by atoms with Crippen molar-refractivity contribution in [1.29, 1.82) is 0 Å². The summed E-state index contributed by atoms with van der Waals surface area (Å²) in [6.45, 7) is 3.10. The SMILES string of the molecule is CC(CCCON1C(=O)c2ccccc2C1=O)(c1ccc(OCc2ccc3ccccc3n2)cc1)c1ccc(OCc2ccc3ccccc3n2)cc1. The highest BCUT2D eigenvalue weighted by molar-refractivity contribution is 6.20. The van der Waals surface area contributed by atoms with E-state index in [1.165, 1.54) is 0 Å². The Morgan fingerprint density at radius 3 is 1.49 bits per heavy atom. The van der Waals surface area contributed by atoms with E-state index in [4.69, 9.17) is 24.3 Å². The maximum Gasteiger partial charge on any atom is 0.285 e. The van der Waals surface area contributed by atoms with Gasteiger partial charge < -0.3 is 9.47 Å². The molecule has 8 heteroatoms. The smallest absolute Gasteiger partial charge is 0.285 e. The predicted molar refractivity (Wildman–Crippen MR) is 204 cm³/mol. The normalized spacial score (nSPS) is 12.7. The third-order valence-electron chi connectivity index (χ3n) is 9.87. The first-order valence-electron chi connectivity index (χ1n) is 17.7. The lowest BCUT2D eigenvalue weighted by atomic mass is 9.73. The van der Waals surface area contributed by atoms with E-state index in [9.17, 15) is 9.59 Å². The van der Waals surface area contributed by atoms with Gasteiger partial charge in [0.25, 0.3) is 11.8 Å². The number of para-hydroxylation sites is 2. The minimum absolute atomic E-state index is 0.195. The molecule has 3 heterocycles. The number of hydrogen-bond acceptors (Lipinski definition) is 7. The fourth-order valence-corrected chi connectivity index (χ4v) is 6.85. The van der Waals surface area contributed by atoms with Gasteiger partial charge in [0.05, 0.1) is 40.2 Å². The van der Waals surface area contributed by atoms with E-state index in [2.05, 4.69) is 43.3 Å². The lowest BCUT2D eigenvalue weighted by Crippen LogP contribution is -2.31. The van der Waals surface area contributed by atoms with Crippen LogP contribution >= 0.6 is 0 Å². The van der Waals surface area contributed by atoms with Gasteiger partial charge in [-0.2, -0.15) is 0 Å². The highest BCUT2D eigenvalue weighted by Gasteiger charge is 2.37. The Morgan fingerprint density at radius 1 is 0.547 bits per heavy atom. The van der Waals surface area contributed by atoms with Crippen LogP contribution in [0.5, 0.6) is 11.5 Å². The topological polar surface area (TPSA) is 90.9 Å². The average molecular weight is 700 g/mol. The van der Waals surface area contributed by atoms with Gasteiger partial charge in [0.15, 0.2) is 0 Å². The molecule has 0 N–H and O–H groups in total. The molecule has 1 aliphatic rings. The fraction of sp³-hybridized carbons (Fsp3) is 0.156. The molecule has 0 fully saturated rings. The van der Waals surface area contributed by atoms with Crippen molar-refractivity contribution in [3.05, 3.63) is 179 Å². The van der Waals surface area contributed by atoms with Gasteiger partial charge in [-0.3, -0.25) is 14.4 Å². The lowest BCUT2D eigenvalue weighted by Gasteiger charge is -2.32. The van der Waals surface area contributed by atoms with Crippen molar-refractivity contribution < 1.29 is 23.9 Å². The average Bonchev–Trinajstić information content (AvgIpc) is 3.45.